The average molecular weight is 341 g/mol. The number of benzene rings is 1. The van der Waals surface area contributed by atoms with E-state index in [0.717, 1.165) is 0 Å². The Morgan fingerprint density at radius 1 is 1.16 bits per heavy atom. The van der Waals surface area contributed by atoms with Crippen LogP contribution < -0.4 is 10.9 Å². The standard InChI is InChI=1S/C17H16FN5O2/c18-13-5-7-14(8-6-13)23-20-12-15(21-23)17(25)19-9-3-11-22-10-2-1-4-16(22)24/h1-2,4-8,10,12H,3,9,11H2,(H,19,25). The van der Waals surface area contributed by atoms with Crippen LogP contribution in [0.4, 0.5) is 4.39 Å². The van der Waals surface area contributed by atoms with Crippen molar-refractivity contribution >= 4 is 5.91 Å². The highest BCUT2D eigenvalue weighted by Crippen LogP contribution is 2.06. The molecule has 0 saturated carbocycles. The van der Waals surface area contributed by atoms with Gasteiger partial charge in [0.05, 0.1) is 11.9 Å². The topological polar surface area (TPSA) is 81.8 Å². The average Bonchev–Trinajstić information content (AvgIpc) is 3.11. The van der Waals surface area contributed by atoms with Crippen molar-refractivity contribution in [2.45, 2.75) is 13.0 Å². The first kappa shape index (κ1) is 16.6. The number of carbonyl (C=O) groups is 1. The van der Waals surface area contributed by atoms with Crippen molar-refractivity contribution in [1.29, 1.82) is 0 Å². The quantitative estimate of drug-likeness (QED) is 0.687. The molecule has 0 fully saturated rings. The molecule has 25 heavy (non-hydrogen) atoms. The van der Waals surface area contributed by atoms with E-state index in [0.29, 0.717) is 25.2 Å². The molecule has 3 aromatic rings. The molecular formula is C17H16FN5O2. The Labute approximate surface area is 142 Å². The Morgan fingerprint density at radius 3 is 2.72 bits per heavy atom. The molecule has 0 aliphatic carbocycles. The van der Waals surface area contributed by atoms with E-state index in [-0.39, 0.29) is 23.0 Å². The molecule has 128 valence electrons. The number of pyridine rings is 1. The van der Waals surface area contributed by atoms with Crippen LogP contribution in [0.5, 0.6) is 0 Å². The van der Waals surface area contributed by atoms with Crippen molar-refractivity contribution in [2.24, 2.45) is 0 Å². The van der Waals surface area contributed by atoms with Gasteiger partial charge in [0, 0.05) is 25.4 Å². The van der Waals surface area contributed by atoms with Crippen molar-refractivity contribution in [3.05, 3.63) is 76.7 Å². The Kier molecular flexibility index (Phi) is 4.98. The fourth-order valence-electron chi connectivity index (χ4n) is 2.25. The van der Waals surface area contributed by atoms with Crippen LogP contribution in [0.25, 0.3) is 5.69 Å². The third kappa shape index (κ3) is 4.17. The van der Waals surface area contributed by atoms with Crippen molar-refractivity contribution < 1.29 is 9.18 Å². The lowest BCUT2D eigenvalue weighted by Gasteiger charge is -2.05. The number of nitrogens with zero attached hydrogens (tertiary/aromatic N) is 4. The zero-order valence-electron chi connectivity index (χ0n) is 13.3. The Hall–Kier alpha value is -3.29. The van der Waals surface area contributed by atoms with E-state index in [9.17, 15) is 14.0 Å². The molecule has 0 unspecified atom stereocenters. The van der Waals surface area contributed by atoms with Crippen molar-refractivity contribution in [1.82, 2.24) is 24.9 Å². The van der Waals surface area contributed by atoms with Crippen molar-refractivity contribution in [3.63, 3.8) is 0 Å². The normalized spacial score (nSPS) is 10.6. The first-order valence-electron chi connectivity index (χ1n) is 7.75. The molecule has 0 bridgehead atoms. The smallest absolute Gasteiger partial charge is 0.273 e. The number of hydrogen-bond donors (Lipinski definition) is 1. The zero-order chi connectivity index (χ0) is 17.6. The number of nitrogens with one attached hydrogen (secondary N) is 1. The largest absolute Gasteiger partial charge is 0.351 e. The van der Waals surface area contributed by atoms with Gasteiger partial charge in [-0.1, -0.05) is 6.07 Å². The molecule has 2 aromatic heterocycles. The number of amides is 1. The second kappa shape index (κ2) is 7.52. The van der Waals surface area contributed by atoms with E-state index >= 15 is 0 Å². The molecule has 0 atom stereocenters. The maximum atomic E-state index is 12.9. The summed E-state index contributed by atoms with van der Waals surface area (Å²) in [4.78, 5) is 24.9. The van der Waals surface area contributed by atoms with Gasteiger partial charge in [-0.25, -0.2) is 4.39 Å². The van der Waals surface area contributed by atoms with Crippen LogP contribution in [0.3, 0.4) is 0 Å². The number of carbonyl (C=O) groups excluding carboxylic acids is 1. The summed E-state index contributed by atoms with van der Waals surface area (Å²) in [6.45, 7) is 0.922. The highest BCUT2D eigenvalue weighted by Gasteiger charge is 2.11. The lowest BCUT2D eigenvalue weighted by atomic mass is 10.3. The van der Waals surface area contributed by atoms with Gasteiger partial charge in [0.25, 0.3) is 5.91 Å². The number of aryl methyl sites for hydroxylation is 1. The summed E-state index contributed by atoms with van der Waals surface area (Å²) in [6, 6.07) is 10.6. The van der Waals surface area contributed by atoms with Crippen LogP contribution in [0.15, 0.2) is 59.7 Å². The second-order valence-electron chi connectivity index (χ2n) is 5.34. The molecule has 0 radical (unpaired) electrons. The molecule has 0 aliphatic heterocycles. The molecule has 0 spiro atoms. The lowest BCUT2D eigenvalue weighted by Crippen LogP contribution is -2.27. The van der Waals surface area contributed by atoms with Gasteiger partial charge in [0.1, 0.15) is 5.82 Å². The molecule has 1 amide bonds. The Bertz CT molecular complexity index is 917. The predicted molar refractivity (Wildman–Crippen MR) is 89.0 cm³/mol. The van der Waals surface area contributed by atoms with Crippen LogP contribution in [0.2, 0.25) is 0 Å². The van der Waals surface area contributed by atoms with E-state index < -0.39 is 0 Å². The van der Waals surface area contributed by atoms with E-state index in [1.807, 2.05) is 0 Å². The van der Waals surface area contributed by atoms with Gasteiger partial charge in [-0.05, 0) is 36.8 Å². The number of rotatable bonds is 6. The molecule has 0 saturated heterocycles. The number of hydrogen-bond acceptors (Lipinski definition) is 4. The van der Waals surface area contributed by atoms with E-state index in [1.54, 1.807) is 22.9 Å². The van der Waals surface area contributed by atoms with Crippen LogP contribution in [0, 0.1) is 5.82 Å². The van der Waals surface area contributed by atoms with Gasteiger partial charge in [0.2, 0.25) is 5.56 Å². The fraction of sp³-hybridized carbons (Fsp3) is 0.176. The summed E-state index contributed by atoms with van der Waals surface area (Å²) >= 11 is 0. The molecule has 2 heterocycles. The Morgan fingerprint density at radius 2 is 1.96 bits per heavy atom. The third-order valence-electron chi connectivity index (χ3n) is 3.54. The second-order valence-corrected chi connectivity index (χ2v) is 5.34. The number of halogens is 1. The van der Waals surface area contributed by atoms with E-state index in [1.165, 1.54) is 41.3 Å². The minimum Gasteiger partial charge on any atom is -0.351 e. The summed E-state index contributed by atoms with van der Waals surface area (Å²) in [5.41, 5.74) is 0.654. The summed E-state index contributed by atoms with van der Waals surface area (Å²) in [5, 5.41) is 10.8. The van der Waals surface area contributed by atoms with E-state index in [4.69, 9.17) is 0 Å². The first-order valence-corrected chi connectivity index (χ1v) is 7.75. The monoisotopic (exact) mass is 341 g/mol. The third-order valence-corrected chi connectivity index (χ3v) is 3.54. The summed E-state index contributed by atoms with van der Waals surface area (Å²) in [5.74, 6) is -0.708. The van der Waals surface area contributed by atoms with Crippen LogP contribution >= 0.6 is 0 Å². The van der Waals surface area contributed by atoms with Crippen LogP contribution in [-0.2, 0) is 6.54 Å². The van der Waals surface area contributed by atoms with Gasteiger partial charge in [0.15, 0.2) is 5.69 Å². The highest BCUT2D eigenvalue weighted by atomic mass is 19.1. The van der Waals surface area contributed by atoms with Gasteiger partial charge >= 0.3 is 0 Å². The van der Waals surface area contributed by atoms with Gasteiger partial charge in [-0.2, -0.15) is 9.90 Å². The first-order chi connectivity index (χ1) is 12.1. The zero-order valence-corrected chi connectivity index (χ0v) is 13.3. The van der Waals surface area contributed by atoms with E-state index in [2.05, 4.69) is 15.5 Å². The van der Waals surface area contributed by atoms with Crippen LogP contribution in [0.1, 0.15) is 16.9 Å². The van der Waals surface area contributed by atoms with Gasteiger partial charge in [-0.3, -0.25) is 9.59 Å². The molecule has 3 rings (SSSR count). The predicted octanol–water partition coefficient (Wildman–Crippen LogP) is 1.39. The molecule has 0 aliphatic rings. The summed E-state index contributed by atoms with van der Waals surface area (Å²) in [6.07, 6.45) is 3.67. The fourth-order valence-corrected chi connectivity index (χ4v) is 2.25. The SMILES string of the molecule is O=C(NCCCn1ccccc1=O)c1cnn(-c2ccc(F)cc2)n1. The minimum atomic E-state index is -0.355. The lowest BCUT2D eigenvalue weighted by molar-refractivity contribution is 0.0947. The number of aromatic nitrogens is 4. The molecule has 7 nitrogen and oxygen atoms in total. The summed E-state index contributed by atoms with van der Waals surface area (Å²) in [7, 11) is 0. The molecule has 1 N–H and O–H groups in total. The maximum Gasteiger partial charge on any atom is 0.273 e. The molecular weight excluding hydrogens is 325 g/mol. The van der Waals surface area contributed by atoms with Gasteiger partial charge in [-0.15, -0.1) is 5.10 Å². The highest BCUT2D eigenvalue weighted by molar-refractivity contribution is 5.91. The van der Waals surface area contributed by atoms with Gasteiger partial charge < -0.3 is 9.88 Å². The maximum absolute atomic E-state index is 12.9. The van der Waals surface area contributed by atoms with Crippen molar-refractivity contribution in [2.75, 3.05) is 6.54 Å². The summed E-state index contributed by atoms with van der Waals surface area (Å²) < 4.78 is 14.5. The Balaban J connectivity index is 1.53. The van der Waals surface area contributed by atoms with Crippen LogP contribution in [-0.4, -0.2) is 32.0 Å². The molecule has 8 heteroatoms. The minimum absolute atomic E-state index is 0.0731. The van der Waals surface area contributed by atoms with Crippen molar-refractivity contribution in [3.8, 4) is 5.69 Å². The molecule has 1 aromatic carbocycles.